The number of hydrogen-bond acceptors (Lipinski definition) is 6. The van der Waals surface area contributed by atoms with Crippen molar-refractivity contribution in [2.75, 3.05) is 6.61 Å². The van der Waals surface area contributed by atoms with Gasteiger partial charge in [-0.15, -0.1) is 11.3 Å². The number of nitrogens with zero attached hydrogens (tertiary/aromatic N) is 5. The van der Waals surface area contributed by atoms with E-state index in [1.165, 1.54) is 0 Å². The Morgan fingerprint density at radius 3 is 2.71 bits per heavy atom. The van der Waals surface area contributed by atoms with E-state index in [4.69, 9.17) is 4.74 Å². The number of hydrogen-bond donors (Lipinski definition) is 0. The van der Waals surface area contributed by atoms with Crippen LogP contribution in [0.2, 0.25) is 25.7 Å². The molecule has 0 spiro atoms. The molecule has 34 heavy (non-hydrogen) atoms. The average molecular weight is 514 g/mol. The van der Waals surface area contributed by atoms with Crippen LogP contribution in [0.4, 0.5) is 0 Å². The summed E-state index contributed by atoms with van der Waals surface area (Å²) in [6, 6.07) is 7.30. The van der Waals surface area contributed by atoms with Crippen molar-refractivity contribution in [3.63, 3.8) is 0 Å². The van der Waals surface area contributed by atoms with Gasteiger partial charge in [-0.25, -0.2) is 14.2 Å². The molecule has 0 fully saturated rings. The lowest BCUT2D eigenvalue weighted by molar-refractivity contribution is 0.0899. The summed E-state index contributed by atoms with van der Waals surface area (Å²) in [6.45, 7) is 13.9. The third-order valence-electron chi connectivity index (χ3n) is 5.33. The van der Waals surface area contributed by atoms with Gasteiger partial charge in [-0.1, -0.05) is 25.7 Å². The van der Waals surface area contributed by atoms with E-state index in [9.17, 15) is 4.21 Å². The van der Waals surface area contributed by atoms with Crippen LogP contribution < -0.4 is 0 Å². The summed E-state index contributed by atoms with van der Waals surface area (Å²) in [5.74, 6) is 0. The van der Waals surface area contributed by atoms with Gasteiger partial charge in [0, 0.05) is 20.2 Å². The van der Waals surface area contributed by atoms with E-state index >= 15 is 0 Å². The first-order chi connectivity index (χ1) is 16.0. The topological polar surface area (TPSA) is 82.3 Å². The highest BCUT2D eigenvalue weighted by atomic mass is 32.2. The Hall–Kier alpha value is -2.27. The Morgan fingerprint density at radius 2 is 1.97 bits per heavy atom. The number of pyridine rings is 1. The smallest absolute Gasteiger partial charge is 0.144 e. The minimum absolute atomic E-state index is 0.404. The highest BCUT2D eigenvalue weighted by Crippen LogP contribution is 2.33. The number of benzene rings is 1. The molecule has 0 radical (unpaired) electrons. The van der Waals surface area contributed by atoms with E-state index in [-0.39, 0.29) is 0 Å². The number of aromatic nitrogens is 4. The fraction of sp³-hybridized carbons (Fsp3) is 0.417. The van der Waals surface area contributed by atoms with Gasteiger partial charge in [0.15, 0.2) is 0 Å². The van der Waals surface area contributed by atoms with Crippen LogP contribution in [-0.4, -0.2) is 49.4 Å². The fourth-order valence-electron chi connectivity index (χ4n) is 3.37. The molecule has 180 valence electrons. The second kappa shape index (κ2) is 9.77. The van der Waals surface area contributed by atoms with Gasteiger partial charge in [-0.2, -0.15) is 4.40 Å². The lowest BCUT2D eigenvalue weighted by atomic mass is 10.0. The molecule has 0 saturated heterocycles. The van der Waals surface area contributed by atoms with Crippen LogP contribution in [0.3, 0.4) is 0 Å². The Morgan fingerprint density at radius 1 is 1.18 bits per heavy atom. The lowest BCUT2D eigenvalue weighted by Gasteiger charge is -2.16. The van der Waals surface area contributed by atoms with Crippen LogP contribution in [0.5, 0.6) is 0 Å². The normalized spacial score (nSPS) is 13.9. The van der Waals surface area contributed by atoms with Crippen molar-refractivity contribution in [1.29, 1.82) is 0 Å². The molecule has 0 bridgehead atoms. The Balaban J connectivity index is 1.80. The fourth-order valence-corrected chi connectivity index (χ4v) is 5.30. The molecule has 7 nitrogen and oxygen atoms in total. The quantitative estimate of drug-likeness (QED) is 0.166. The largest absolute Gasteiger partial charge is 0.361 e. The molecule has 0 N–H and O–H groups in total. The standard InChI is InChI=1S/C24H31N5O2S2Si/c1-24(2,3)33(30)28-13-19-22(17-7-8-21-18(11-17)27-15-32-21)23-20(12-25-19)26-14-29(23)16-31-9-10-34(4,5)6/h7-8,11-15H,9-10,16H2,1-6H3. The van der Waals surface area contributed by atoms with Crippen molar-refractivity contribution in [2.24, 2.45) is 4.40 Å². The molecule has 0 aliphatic heterocycles. The first kappa shape index (κ1) is 24.8. The maximum Gasteiger partial charge on any atom is 0.144 e. The van der Waals surface area contributed by atoms with Gasteiger partial charge in [0.25, 0.3) is 0 Å². The van der Waals surface area contributed by atoms with Crippen LogP contribution in [0.1, 0.15) is 26.5 Å². The van der Waals surface area contributed by atoms with Crippen LogP contribution in [0.15, 0.2) is 40.6 Å². The van der Waals surface area contributed by atoms with Crippen molar-refractivity contribution in [2.45, 2.75) is 57.9 Å². The Bertz CT molecular complexity index is 1370. The van der Waals surface area contributed by atoms with E-state index in [0.29, 0.717) is 12.4 Å². The van der Waals surface area contributed by atoms with Gasteiger partial charge in [0.1, 0.15) is 23.2 Å². The van der Waals surface area contributed by atoms with Gasteiger partial charge < -0.3 is 9.30 Å². The summed E-state index contributed by atoms with van der Waals surface area (Å²) in [5, 5.41) is 0. The van der Waals surface area contributed by atoms with E-state index in [1.54, 1.807) is 30.1 Å². The van der Waals surface area contributed by atoms with E-state index < -0.39 is 23.8 Å². The number of ether oxygens (including phenoxy) is 1. The molecule has 4 rings (SSSR count). The summed E-state index contributed by atoms with van der Waals surface area (Å²) < 4.78 is 25.7. The molecule has 10 heteroatoms. The zero-order chi connectivity index (χ0) is 24.5. The third-order valence-corrected chi connectivity index (χ3v) is 9.18. The summed E-state index contributed by atoms with van der Waals surface area (Å²) in [6.07, 6.45) is 5.14. The second-order valence-corrected chi connectivity index (χ2v) is 18.9. The molecule has 3 heterocycles. The third kappa shape index (κ3) is 5.68. The SMILES string of the molecule is CC(C)(C)S(=O)N=Cc1ncc2ncn(COCC[Si](C)(C)C)c2c1-c1ccc2scnc2c1. The molecule has 1 unspecified atom stereocenters. The molecule has 1 atom stereocenters. The predicted octanol–water partition coefficient (Wildman–Crippen LogP) is 5.90. The first-order valence-corrected chi connectivity index (χ1v) is 16.9. The Labute approximate surface area is 207 Å². The molecule has 0 saturated carbocycles. The van der Waals surface area contributed by atoms with E-state index in [1.807, 2.05) is 30.8 Å². The van der Waals surface area contributed by atoms with Crippen molar-refractivity contribution < 1.29 is 8.95 Å². The van der Waals surface area contributed by atoms with Gasteiger partial charge in [-0.3, -0.25) is 4.98 Å². The maximum atomic E-state index is 12.6. The molecule has 1 aromatic carbocycles. The van der Waals surface area contributed by atoms with Gasteiger partial charge in [0.2, 0.25) is 0 Å². The zero-order valence-electron chi connectivity index (χ0n) is 20.5. The van der Waals surface area contributed by atoms with E-state index in [0.717, 1.165) is 45.0 Å². The summed E-state index contributed by atoms with van der Waals surface area (Å²) in [4.78, 5) is 13.7. The number of thiazole rings is 1. The summed E-state index contributed by atoms with van der Waals surface area (Å²) >= 11 is 1.61. The molecule has 3 aromatic heterocycles. The first-order valence-electron chi connectivity index (χ1n) is 11.2. The highest BCUT2D eigenvalue weighted by Gasteiger charge is 2.20. The second-order valence-electron chi connectivity index (χ2n) is 10.4. The molecule has 0 aliphatic rings. The molecular weight excluding hydrogens is 483 g/mol. The van der Waals surface area contributed by atoms with Crippen LogP contribution >= 0.6 is 11.3 Å². The van der Waals surface area contributed by atoms with Gasteiger partial charge >= 0.3 is 0 Å². The van der Waals surface area contributed by atoms with Gasteiger partial charge in [0.05, 0.1) is 50.4 Å². The van der Waals surface area contributed by atoms with Crippen molar-refractivity contribution in [3.8, 4) is 11.1 Å². The van der Waals surface area contributed by atoms with E-state index in [2.05, 4.69) is 57.2 Å². The molecular formula is C24H31N5O2S2Si. The van der Waals surface area contributed by atoms with Crippen molar-refractivity contribution in [3.05, 3.63) is 41.9 Å². The minimum Gasteiger partial charge on any atom is -0.361 e. The number of imidazole rings is 1. The minimum atomic E-state index is -1.39. The number of fused-ring (bicyclic) bond motifs is 2. The van der Waals surface area contributed by atoms with Crippen LogP contribution in [0.25, 0.3) is 32.4 Å². The highest BCUT2D eigenvalue weighted by molar-refractivity contribution is 7.85. The number of rotatable bonds is 8. The van der Waals surface area contributed by atoms with Crippen LogP contribution in [-0.2, 0) is 22.5 Å². The summed E-state index contributed by atoms with van der Waals surface area (Å²) in [7, 11) is -2.56. The molecule has 4 aromatic rings. The van der Waals surface area contributed by atoms with Crippen molar-refractivity contribution >= 4 is 57.9 Å². The lowest BCUT2D eigenvalue weighted by Crippen LogP contribution is -2.22. The monoisotopic (exact) mass is 513 g/mol. The predicted molar refractivity (Wildman–Crippen MR) is 146 cm³/mol. The molecule has 0 aliphatic carbocycles. The zero-order valence-corrected chi connectivity index (χ0v) is 23.2. The average Bonchev–Trinajstić information content (AvgIpc) is 3.39. The maximum absolute atomic E-state index is 12.6. The van der Waals surface area contributed by atoms with Crippen LogP contribution in [0, 0.1) is 0 Å². The Kier molecular flexibility index (Phi) is 7.14. The van der Waals surface area contributed by atoms with Gasteiger partial charge in [-0.05, 0) is 44.5 Å². The molecule has 0 amide bonds. The van der Waals surface area contributed by atoms with Crippen molar-refractivity contribution in [1.82, 2.24) is 19.5 Å². The summed E-state index contributed by atoms with van der Waals surface area (Å²) in [5.41, 5.74) is 6.95.